The number of nitrogens with zero attached hydrogens (tertiary/aromatic N) is 1. The van der Waals surface area contributed by atoms with Gasteiger partial charge in [0.1, 0.15) is 23.4 Å². The van der Waals surface area contributed by atoms with E-state index in [0.29, 0.717) is 17.0 Å². The van der Waals surface area contributed by atoms with Crippen molar-refractivity contribution in [1.82, 2.24) is 10.2 Å². The van der Waals surface area contributed by atoms with Gasteiger partial charge in [-0.25, -0.2) is 4.79 Å². The van der Waals surface area contributed by atoms with Gasteiger partial charge in [0, 0.05) is 11.7 Å². The van der Waals surface area contributed by atoms with Crippen molar-refractivity contribution in [2.24, 2.45) is 0 Å². The van der Waals surface area contributed by atoms with Crippen LogP contribution in [0.15, 0.2) is 42.5 Å². The Kier molecular flexibility index (Phi) is 8.90. The first kappa shape index (κ1) is 27.3. The van der Waals surface area contributed by atoms with Crippen molar-refractivity contribution in [3.05, 3.63) is 59.2 Å². The van der Waals surface area contributed by atoms with Gasteiger partial charge in [-0.1, -0.05) is 24.6 Å². The van der Waals surface area contributed by atoms with E-state index in [0.717, 1.165) is 16.0 Å². The molecule has 8 heteroatoms. The maximum absolute atomic E-state index is 13.5. The van der Waals surface area contributed by atoms with E-state index in [2.05, 4.69) is 16.7 Å². The van der Waals surface area contributed by atoms with Gasteiger partial charge in [0.2, 0.25) is 0 Å². The highest BCUT2D eigenvalue weighted by atomic mass is 16.6. The Morgan fingerprint density at radius 1 is 1.06 bits per heavy atom. The number of nitrogens with one attached hydrogen (secondary N) is 2. The maximum atomic E-state index is 13.5. The van der Waals surface area contributed by atoms with Crippen LogP contribution in [-0.2, 0) is 14.3 Å². The number of anilines is 1. The molecular weight excluding hydrogens is 446 g/mol. The Balaban J connectivity index is 2.40. The number of carbonyl (C=O) groups excluding carboxylic acids is 3. The molecule has 3 amide bonds. The third kappa shape index (κ3) is 7.24. The lowest BCUT2D eigenvalue weighted by Crippen LogP contribution is -2.49. The number of rotatable bonds is 7. The number of carbonyl (C=O) groups is 3. The average Bonchev–Trinajstić information content (AvgIpc) is 2.78. The van der Waals surface area contributed by atoms with E-state index >= 15 is 0 Å². The third-order valence-corrected chi connectivity index (χ3v) is 5.29. The SMILES string of the molecule is C#CN(C(=O)C(C)NC(=O)OC(C)(C)C)C(C(=O)Nc1ccc(OC)cc1)c1cccc(C)c1C. The van der Waals surface area contributed by atoms with E-state index in [9.17, 15) is 14.4 Å². The first-order chi connectivity index (χ1) is 16.4. The highest BCUT2D eigenvalue weighted by molar-refractivity contribution is 5.99. The Morgan fingerprint density at radius 3 is 2.23 bits per heavy atom. The number of alkyl carbamates (subject to hydrolysis) is 1. The summed E-state index contributed by atoms with van der Waals surface area (Å²) in [7, 11) is 1.55. The maximum Gasteiger partial charge on any atom is 0.408 e. The van der Waals surface area contributed by atoms with Gasteiger partial charge in [-0.05, 0) is 82.5 Å². The summed E-state index contributed by atoms with van der Waals surface area (Å²) in [5.74, 6) is -0.495. The topological polar surface area (TPSA) is 97.0 Å². The summed E-state index contributed by atoms with van der Waals surface area (Å²) in [4.78, 5) is 40.1. The summed E-state index contributed by atoms with van der Waals surface area (Å²) >= 11 is 0. The van der Waals surface area contributed by atoms with Crippen molar-refractivity contribution in [2.45, 2.75) is 59.2 Å². The number of benzene rings is 2. The van der Waals surface area contributed by atoms with E-state index in [-0.39, 0.29) is 0 Å². The van der Waals surface area contributed by atoms with Gasteiger partial charge >= 0.3 is 6.09 Å². The molecule has 0 radical (unpaired) electrons. The zero-order valence-corrected chi connectivity index (χ0v) is 21.3. The van der Waals surface area contributed by atoms with Crippen LogP contribution in [0.1, 0.15) is 50.4 Å². The quantitative estimate of drug-likeness (QED) is 0.455. The number of aryl methyl sites for hydroxylation is 1. The van der Waals surface area contributed by atoms with Crippen LogP contribution in [0, 0.1) is 26.3 Å². The van der Waals surface area contributed by atoms with Crippen molar-refractivity contribution in [3.8, 4) is 18.2 Å². The number of hydrogen-bond acceptors (Lipinski definition) is 5. The molecule has 2 rings (SSSR count). The number of ether oxygens (including phenoxy) is 2. The lowest BCUT2D eigenvalue weighted by Gasteiger charge is -2.30. The van der Waals surface area contributed by atoms with Crippen molar-refractivity contribution in [3.63, 3.8) is 0 Å². The van der Waals surface area contributed by atoms with E-state index in [4.69, 9.17) is 15.9 Å². The highest BCUT2D eigenvalue weighted by Gasteiger charge is 2.35. The van der Waals surface area contributed by atoms with Gasteiger partial charge in [0.05, 0.1) is 7.11 Å². The summed E-state index contributed by atoms with van der Waals surface area (Å²) in [5, 5.41) is 5.31. The van der Waals surface area contributed by atoms with Gasteiger partial charge in [-0.2, -0.15) is 0 Å². The van der Waals surface area contributed by atoms with Crippen LogP contribution in [0.5, 0.6) is 5.75 Å². The molecule has 0 bridgehead atoms. The fourth-order valence-electron chi connectivity index (χ4n) is 3.37. The minimum Gasteiger partial charge on any atom is -0.497 e. The molecule has 0 aliphatic rings. The van der Waals surface area contributed by atoms with Crippen molar-refractivity contribution in [1.29, 1.82) is 0 Å². The number of amides is 3. The predicted octanol–water partition coefficient (Wildman–Crippen LogP) is 4.32. The summed E-state index contributed by atoms with van der Waals surface area (Å²) in [5.41, 5.74) is 2.11. The largest absolute Gasteiger partial charge is 0.497 e. The zero-order chi connectivity index (χ0) is 26.3. The molecule has 0 aliphatic heterocycles. The molecule has 2 atom stereocenters. The summed E-state index contributed by atoms with van der Waals surface area (Å²) in [6.07, 6.45) is 4.99. The number of terminal acetylenes is 1. The van der Waals surface area contributed by atoms with Crippen LogP contribution in [0.2, 0.25) is 0 Å². The second-order valence-electron chi connectivity index (χ2n) is 9.11. The van der Waals surface area contributed by atoms with Crippen LogP contribution in [0.3, 0.4) is 0 Å². The van der Waals surface area contributed by atoms with Gasteiger partial charge in [0.15, 0.2) is 0 Å². The molecule has 0 aliphatic carbocycles. The first-order valence-electron chi connectivity index (χ1n) is 11.2. The Morgan fingerprint density at radius 2 is 1.69 bits per heavy atom. The number of methoxy groups -OCH3 is 1. The van der Waals surface area contributed by atoms with Gasteiger partial charge in [-0.3, -0.25) is 14.5 Å². The molecule has 2 aromatic rings. The van der Waals surface area contributed by atoms with Gasteiger partial charge in [-0.15, -0.1) is 0 Å². The van der Waals surface area contributed by atoms with Crippen LogP contribution in [0.25, 0.3) is 0 Å². The second kappa shape index (κ2) is 11.4. The fourth-order valence-corrected chi connectivity index (χ4v) is 3.37. The molecule has 8 nitrogen and oxygen atoms in total. The molecule has 0 saturated heterocycles. The number of hydrogen-bond donors (Lipinski definition) is 2. The Hall–Kier alpha value is -3.99. The van der Waals surface area contributed by atoms with Crippen molar-refractivity contribution >= 4 is 23.6 Å². The molecule has 0 heterocycles. The van der Waals surface area contributed by atoms with Crippen molar-refractivity contribution in [2.75, 3.05) is 12.4 Å². The van der Waals surface area contributed by atoms with E-state index < -0.39 is 35.6 Å². The standard InChI is InChI=1S/C27H33N3O5/c1-9-30(25(32)19(4)28-26(33)35-27(5,6)7)23(22-12-10-11-17(2)18(22)3)24(31)29-20-13-15-21(34-8)16-14-20/h1,10-16,19,23H,2-8H3,(H,28,33)(H,29,31). The summed E-state index contributed by atoms with van der Waals surface area (Å²) in [6.45, 7) is 10.4. The molecule has 2 N–H and O–H groups in total. The smallest absolute Gasteiger partial charge is 0.408 e. The van der Waals surface area contributed by atoms with Crippen molar-refractivity contribution < 1.29 is 23.9 Å². The fraction of sp³-hybridized carbons (Fsp3) is 0.370. The first-order valence-corrected chi connectivity index (χ1v) is 11.2. The minimum atomic E-state index is -1.14. The zero-order valence-electron chi connectivity index (χ0n) is 21.3. The van der Waals surface area contributed by atoms with Gasteiger partial charge in [0.25, 0.3) is 11.8 Å². The Labute approximate surface area is 207 Å². The molecule has 186 valence electrons. The molecule has 2 aromatic carbocycles. The van der Waals surface area contributed by atoms with Crippen LogP contribution >= 0.6 is 0 Å². The molecule has 35 heavy (non-hydrogen) atoms. The van der Waals surface area contributed by atoms with E-state index in [1.807, 2.05) is 19.9 Å². The lowest BCUT2D eigenvalue weighted by molar-refractivity contribution is -0.136. The van der Waals surface area contributed by atoms with Gasteiger partial charge < -0.3 is 20.1 Å². The Bertz CT molecular complexity index is 1110. The van der Waals surface area contributed by atoms with Crippen LogP contribution < -0.4 is 15.4 Å². The predicted molar refractivity (Wildman–Crippen MR) is 135 cm³/mol. The molecule has 2 unspecified atom stereocenters. The van der Waals surface area contributed by atoms with Crippen LogP contribution in [0.4, 0.5) is 10.5 Å². The van der Waals surface area contributed by atoms with Crippen LogP contribution in [-0.4, -0.2) is 41.6 Å². The minimum absolute atomic E-state index is 0.500. The normalized spacial score (nSPS) is 12.5. The third-order valence-electron chi connectivity index (χ3n) is 5.29. The molecular formula is C27H33N3O5. The second-order valence-corrected chi connectivity index (χ2v) is 9.11. The molecule has 0 saturated carbocycles. The monoisotopic (exact) mass is 479 g/mol. The molecule has 0 aromatic heterocycles. The highest BCUT2D eigenvalue weighted by Crippen LogP contribution is 2.28. The summed E-state index contributed by atoms with van der Waals surface area (Å²) in [6, 6.07) is 12.4. The lowest BCUT2D eigenvalue weighted by atomic mass is 9.95. The average molecular weight is 480 g/mol. The van der Waals surface area contributed by atoms with E-state index in [1.165, 1.54) is 6.92 Å². The van der Waals surface area contributed by atoms with E-state index in [1.54, 1.807) is 64.3 Å². The molecule has 0 spiro atoms. The molecule has 0 fully saturated rings. The summed E-state index contributed by atoms with van der Waals surface area (Å²) < 4.78 is 10.4.